The van der Waals surface area contributed by atoms with E-state index in [0.717, 1.165) is 0 Å². The van der Waals surface area contributed by atoms with E-state index in [1.807, 2.05) is 0 Å². The van der Waals surface area contributed by atoms with Crippen LogP contribution < -0.4 is 5.32 Å². The van der Waals surface area contributed by atoms with Crippen molar-refractivity contribution in [3.05, 3.63) is 10.4 Å². The molecule has 2 aliphatic heterocycles. The number of hydrogen-bond acceptors (Lipinski definition) is 5. The highest BCUT2D eigenvalue weighted by Crippen LogP contribution is 2.29. The first-order chi connectivity index (χ1) is 9.56. The first-order valence-electron chi connectivity index (χ1n) is 6.31. The normalized spacial score (nSPS) is 33.5. The van der Waals surface area contributed by atoms with Crippen LogP contribution in [0.2, 0.25) is 0 Å². The van der Waals surface area contributed by atoms with Crippen LogP contribution in [-0.4, -0.2) is 48.0 Å². The minimum Gasteiger partial charge on any atom is -0.354 e. The SMILES string of the molecule is CC1CN([C@H]2CC(N=[N+]=[N-])[C@@H](CC=O)O2)C(=O)NC1=O. The number of amides is 3. The van der Waals surface area contributed by atoms with Gasteiger partial charge in [-0.3, -0.25) is 15.0 Å². The molecule has 0 aromatic rings. The quantitative estimate of drug-likeness (QED) is 0.349. The van der Waals surface area contributed by atoms with Crippen LogP contribution in [0.3, 0.4) is 0 Å². The van der Waals surface area contributed by atoms with Crippen molar-refractivity contribution in [1.29, 1.82) is 0 Å². The molecule has 3 amide bonds. The van der Waals surface area contributed by atoms with Crippen LogP contribution in [0.1, 0.15) is 19.8 Å². The lowest BCUT2D eigenvalue weighted by Crippen LogP contribution is -2.57. The van der Waals surface area contributed by atoms with E-state index in [0.29, 0.717) is 12.7 Å². The average molecular weight is 281 g/mol. The summed E-state index contributed by atoms with van der Waals surface area (Å²) in [7, 11) is 0. The molecule has 9 heteroatoms. The second kappa shape index (κ2) is 5.89. The van der Waals surface area contributed by atoms with Crippen LogP contribution in [0.15, 0.2) is 5.11 Å². The minimum atomic E-state index is -0.592. The van der Waals surface area contributed by atoms with Gasteiger partial charge in [0.15, 0.2) is 0 Å². The third-order valence-corrected chi connectivity index (χ3v) is 3.49. The predicted octanol–water partition coefficient (Wildman–Crippen LogP) is 0.557. The molecule has 2 fully saturated rings. The number of urea groups is 1. The first-order valence-corrected chi connectivity index (χ1v) is 6.31. The Bertz CT molecular complexity index is 475. The number of aldehydes is 1. The Morgan fingerprint density at radius 2 is 2.35 bits per heavy atom. The van der Waals surface area contributed by atoms with Crippen molar-refractivity contribution in [3.8, 4) is 0 Å². The molecule has 2 unspecified atom stereocenters. The molecule has 0 radical (unpaired) electrons. The molecule has 2 saturated heterocycles. The van der Waals surface area contributed by atoms with Gasteiger partial charge in [0.1, 0.15) is 12.5 Å². The average Bonchev–Trinajstić information content (AvgIpc) is 2.78. The van der Waals surface area contributed by atoms with E-state index < -0.39 is 24.4 Å². The summed E-state index contributed by atoms with van der Waals surface area (Å²) in [6.45, 7) is 1.95. The lowest BCUT2D eigenvalue weighted by atomic mass is 10.1. The number of nitrogens with one attached hydrogen (secondary N) is 1. The molecule has 1 N–H and O–H groups in total. The molecule has 2 heterocycles. The van der Waals surface area contributed by atoms with E-state index in [4.69, 9.17) is 10.3 Å². The van der Waals surface area contributed by atoms with Gasteiger partial charge in [-0.25, -0.2) is 4.79 Å². The molecule has 0 aromatic heterocycles. The molecule has 9 nitrogen and oxygen atoms in total. The zero-order valence-electron chi connectivity index (χ0n) is 10.9. The second-order valence-electron chi connectivity index (χ2n) is 4.89. The molecule has 0 aliphatic carbocycles. The summed E-state index contributed by atoms with van der Waals surface area (Å²) in [6.07, 6.45) is -0.0173. The summed E-state index contributed by atoms with van der Waals surface area (Å²) in [5, 5.41) is 5.84. The highest BCUT2D eigenvalue weighted by molar-refractivity contribution is 5.97. The Morgan fingerprint density at radius 3 is 3.00 bits per heavy atom. The number of carbonyl (C=O) groups is 3. The van der Waals surface area contributed by atoms with Gasteiger partial charge in [-0.15, -0.1) is 0 Å². The number of imide groups is 1. The van der Waals surface area contributed by atoms with Crippen molar-refractivity contribution >= 4 is 18.2 Å². The maximum atomic E-state index is 11.8. The summed E-state index contributed by atoms with van der Waals surface area (Å²) in [6, 6.07) is -1.01. The van der Waals surface area contributed by atoms with Crippen LogP contribution in [0, 0.1) is 5.92 Å². The van der Waals surface area contributed by atoms with Crippen molar-refractivity contribution in [2.75, 3.05) is 6.54 Å². The number of carbonyl (C=O) groups excluding carboxylic acids is 3. The summed E-state index contributed by atoms with van der Waals surface area (Å²) >= 11 is 0. The van der Waals surface area contributed by atoms with Gasteiger partial charge in [0.05, 0.1) is 18.1 Å². The topological polar surface area (TPSA) is 124 Å². The summed E-state index contributed by atoms with van der Waals surface area (Å²) < 4.78 is 5.62. The Morgan fingerprint density at radius 1 is 1.60 bits per heavy atom. The fourth-order valence-electron chi connectivity index (χ4n) is 2.41. The highest BCUT2D eigenvalue weighted by atomic mass is 16.5. The van der Waals surface area contributed by atoms with Gasteiger partial charge in [0, 0.05) is 24.3 Å². The van der Waals surface area contributed by atoms with Crippen molar-refractivity contribution < 1.29 is 19.1 Å². The number of hydrogen-bond donors (Lipinski definition) is 1. The zero-order valence-corrected chi connectivity index (χ0v) is 10.9. The van der Waals surface area contributed by atoms with Crippen LogP contribution in [-0.2, 0) is 14.3 Å². The van der Waals surface area contributed by atoms with E-state index in [2.05, 4.69) is 15.3 Å². The summed E-state index contributed by atoms with van der Waals surface area (Å²) in [4.78, 5) is 37.9. The maximum absolute atomic E-state index is 11.8. The van der Waals surface area contributed by atoms with Gasteiger partial charge < -0.3 is 9.53 Å². The van der Waals surface area contributed by atoms with Crippen LogP contribution >= 0.6 is 0 Å². The van der Waals surface area contributed by atoms with E-state index in [1.54, 1.807) is 6.92 Å². The monoisotopic (exact) mass is 281 g/mol. The standard InChI is InChI=1S/C11H15N5O4/c1-6-5-16(11(19)13-10(6)18)9-4-7(14-15-12)8(20-9)2-3-17/h3,6-9H,2,4-5H2,1H3,(H,13,18,19)/t6?,7?,8-,9-/m1/s1. The Labute approximate surface area is 114 Å². The van der Waals surface area contributed by atoms with Crippen LogP contribution in [0.25, 0.3) is 10.4 Å². The fraction of sp³-hybridized carbons (Fsp3) is 0.727. The molecule has 4 atom stereocenters. The highest BCUT2D eigenvalue weighted by Gasteiger charge is 2.42. The zero-order chi connectivity index (χ0) is 14.7. The molecule has 0 saturated carbocycles. The Kier molecular flexibility index (Phi) is 4.21. The Balaban J connectivity index is 2.09. The molecule has 2 rings (SSSR count). The number of rotatable bonds is 4. The third kappa shape index (κ3) is 2.73. The van der Waals surface area contributed by atoms with Crippen molar-refractivity contribution in [2.24, 2.45) is 11.0 Å². The third-order valence-electron chi connectivity index (χ3n) is 3.49. The van der Waals surface area contributed by atoms with Crippen molar-refractivity contribution in [1.82, 2.24) is 10.2 Å². The van der Waals surface area contributed by atoms with Gasteiger partial charge in [0.25, 0.3) is 0 Å². The largest absolute Gasteiger partial charge is 0.354 e. The van der Waals surface area contributed by atoms with E-state index in [1.165, 1.54) is 4.90 Å². The van der Waals surface area contributed by atoms with E-state index in [9.17, 15) is 14.4 Å². The van der Waals surface area contributed by atoms with Crippen molar-refractivity contribution in [2.45, 2.75) is 38.1 Å². The fourth-order valence-corrected chi connectivity index (χ4v) is 2.41. The van der Waals surface area contributed by atoms with E-state index >= 15 is 0 Å². The molecule has 20 heavy (non-hydrogen) atoms. The number of azide groups is 1. The number of ether oxygens (including phenoxy) is 1. The van der Waals surface area contributed by atoms with Gasteiger partial charge >= 0.3 is 6.03 Å². The van der Waals surface area contributed by atoms with Crippen molar-refractivity contribution in [3.63, 3.8) is 0 Å². The molecule has 2 aliphatic rings. The lowest BCUT2D eigenvalue weighted by Gasteiger charge is -2.34. The van der Waals surface area contributed by atoms with Gasteiger partial charge in [-0.1, -0.05) is 12.0 Å². The molecule has 0 aromatic carbocycles. The minimum absolute atomic E-state index is 0.101. The first kappa shape index (κ1) is 14.3. The maximum Gasteiger partial charge on any atom is 0.326 e. The molecule has 108 valence electrons. The molecule has 0 spiro atoms. The second-order valence-corrected chi connectivity index (χ2v) is 4.89. The molecular weight excluding hydrogens is 266 g/mol. The summed E-state index contributed by atoms with van der Waals surface area (Å²) in [5.74, 6) is -0.653. The predicted molar refractivity (Wildman–Crippen MR) is 66.3 cm³/mol. The van der Waals surface area contributed by atoms with Gasteiger partial charge in [-0.2, -0.15) is 0 Å². The number of nitrogens with zero attached hydrogens (tertiary/aromatic N) is 4. The van der Waals surface area contributed by atoms with Gasteiger partial charge in [-0.05, 0) is 5.53 Å². The van der Waals surface area contributed by atoms with Crippen LogP contribution in [0.4, 0.5) is 4.79 Å². The molecule has 0 bridgehead atoms. The van der Waals surface area contributed by atoms with Gasteiger partial charge in [0.2, 0.25) is 5.91 Å². The summed E-state index contributed by atoms with van der Waals surface area (Å²) in [5.41, 5.74) is 8.51. The smallest absolute Gasteiger partial charge is 0.326 e. The Hall–Kier alpha value is -2.12. The van der Waals surface area contributed by atoms with E-state index in [-0.39, 0.29) is 24.8 Å². The van der Waals surface area contributed by atoms with Crippen LogP contribution in [0.5, 0.6) is 0 Å². The molecular formula is C11H15N5O4. The lowest BCUT2D eigenvalue weighted by molar-refractivity contribution is -0.128.